The summed E-state index contributed by atoms with van der Waals surface area (Å²) >= 11 is 0. The standard InChI is InChI=1S/C17H30N2/c1-6-7-8-12(2)19-13(3)9-14-15(18)10-17(4,5)11-16(14)19/h9,12,15H,6-8,10-11,18H2,1-5H3. The van der Waals surface area contributed by atoms with E-state index in [0.29, 0.717) is 11.5 Å². The van der Waals surface area contributed by atoms with Gasteiger partial charge in [0.1, 0.15) is 0 Å². The van der Waals surface area contributed by atoms with E-state index in [0.717, 1.165) is 6.42 Å². The van der Waals surface area contributed by atoms with Crippen LogP contribution < -0.4 is 5.73 Å². The van der Waals surface area contributed by atoms with Crippen LogP contribution in [-0.4, -0.2) is 4.57 Å². The van der Waals surface area contributed by atoms with Gasteiger partial charge in [-0.15, -0.1) is 0 Å². The lowest BCUT2D eigenvalue weighted by atomic mass is 9.74. The van der Waals surface area contributed by atoms with Crippen molar-refractivity contribution in [3.05, 3.63) is 23.0 Å². The fourth-order valence-electron chi connectivity index (χ4n) is 3.71. The zero-order valence-electron chi connectivity index (χ0n) is 13.3. The van der Waals surface area contributed by atoms with Gasteiger partial charge < -0.3 is 10.3 Å². The van der Waals surface area contributed by atoms with E-state index >= 15 is 0 Å². The van der Waals surface area contributed by atoms with Crippen molar-refractivity contribution in [3.8, 4) is 0 Å². The van der Waals surface area contributed by atoms with Crippen molar-refractivity contribution >= 4 is 0 Å². The Hall–Kier alpha value is -0.760. The summed E-state index contributed by atoms with van der Waals surface area (Å²) < 4.78 is 2.56. The second-order valence-electron chi connectivity index (χ2n) is 7.20. The van der Waals surface area contributed by atoms with Gasteiger partial charge in [-0.2, -0.15) is 0 Å². The third-order valence-corrected chi connectivity index (χ3v) is 4.60. The van der Waals surface area contributed by atoms with E-state index in [-0.39, 0.29) is 6.04 Å². The van der Waals surface area contributed by atoms with Gasteiger partial charge in [0.25, 0.3) is 0 Å². The van der Waals surface area contributed by atoms with Crippen molar-refractivity contribution in [3.63, 3.8) is 0 Å². The first-order valence-corrected chi connectivity index (χ1v) is 7.82. The summed E-state index contributed by atoms with van der Waals surface area (Å²) in [6, 6.07) is 3.15. The van der Waals surface area contributed by atoms with Gasteiger partial charge in [-0.3, -0.25) is 0 Å². The third-order valence-electron chi connectivity index (χ3n) is 4.60. The molecule has 1 heterocycles. The number of hydrogen-bond donors (Lipinski definition) is 1. The summed E-state index contributed by atoms with van der Waals surface area (Å²) in [5, 5.41) is 0. The zero-order valence-corrected chi connectivity index (χ0v) is 13.3. The van der Waals surface area contributed by atoms with Crippen molar-refractivity contribution in [1.82, 2.24) is 4.57 Å². The first-order chi connectivity index (χ1) is 8.85. The van der Waals surface area contributed by atoms with Gasteiger partial charge in [0.2, 0.25) is 0 Å². The van der Waals surface area contributed by atoms with E-state index in [1.54, 1.807) is 0 Å². The maximum Gasteiger partial charge on any atom is 0.0318 e. The smallest absolute Gasteiger partial charge is 0.0318 e. The number of nitrogens with two attached hydrogens (primary N) is 1. The van der Waals surface area contributed by atoms with Crippen LogP contribution in [0.5, 0.6) is 0 Å². The van der Waals surface area contributed by atoms with E-state index in [4.69, 9.17) is 5.73 Å². The minimum Gasteiger partial charge on any atom is -0.346 e. The summed E-state index contributed by atoms with van der Waals surface area (Å²) in [7, 11) is 0. The summed E-state index contributed by atoms with van der Waals surface area (Å²) in [6.07, 6.45) is 6.13. The van der Waals surface area contributed by atoms with Crippen LogP contribution in [0, 0.1) is 12.3 Å². The van der Waals surface area contributed by atoms with Gasteiger partial charge >= 0.3 is 0 Å². The maximum atomic E-state index is 6.39. The van der Waals surface area contributed by atoms with Crippen LogP contribution in [0.1, 0.15) is 82.4 Å². The van der Waals surface area contributed by atoms with E-state index < -0.39 is 0 Å². The van der Waals surface area contributed by atoms with Gasteiger partial charge in [0.05, 0.1) is 0 Å². The summed E-state index contributed by atoms with van der Waals surface area (Å²) in [5.74, 6) is 0. The van der Waals surface area contributed by atoms with Crippen LogP contribution in [-0.2, 0) is 6.42 Å². The number of rotatable bonds is 4. The second kappa shape index (κ2) is 5.32. The highest BCUT2D eigenvalue weighted by Crippen LogP contribution is 2.42. The van der Waals surface area contributed by atoms with Crippen molar-refractivity contribution in [2.24, 2.45) is 11.1 Å². The van der Waals surface area contributed by atoms with Crippen LogP contribution >= 0.6 is 0 Å². The quantitative estimate of drug-likeness (QED) is 0.849. The fourth-order valence-corrected chi connectivity index (χ4v) is 3.71. The van der Waals surface area contributed by atoms with E-state index in [2.05, 4.69) is 45.3 Å². The summed E-state index contributed by atoms with van der Waals surface area (Å²) in [5.41, 5.74) is 11.0. The molecule has 0 bridgehead atoms. The van der Waals surface area contributed by atoms with Crippen LogP contribution in [0.3, 0.4) is 0 Å². The van der Waals surface area contributed by atoms with Crippen LogP contribution in [0.2, 0.25) is 0 Å². The molecular formula is C17H30N2. The van der Waals surface area contributed by atoms with E-state index in [9.17, 15) is 0 Å². The molecule has 0 amide bonds. The Labute approximate surface area is 118 Å². The van der Waals surface area contributed by atoms with Gasteiger partial charge in [-0.05, 0) is 50.2 Å². The molecule has 2 unspecified atom stereocenters. The number of aromatic nitrogens is 1. The molecule has 0 aromatic carbocycles. The molecule has 1 aromatic heterocycles. The van der Waals surface area contributed by atoms with Crippen molar-refractivity contribution in [1.29, 1.82) is 0 Å². The maximum absolute atomic E-state index is 6.39. The molecule has 0 radical (unpaired) electrons. The molecule has 0 fully saturated rings. The highest BCUT2D eigenvalue weighted by Gasteiger charge is 2.33. The van der Waals surface area contributed by atoms with Gasteiger partial charge in [-0.1, -0.05) is 33.6 Å². The Morgan fingerprint density at radius 3 is 2.79 bits per heavy atom. The molecule has 2 atom stereocenters. The number of nitrogens with zero attached hydrogens (tertiary/aromatic N) is 1. The van der Waals surface area contributed by atoms with E-state index in [1.165, 1.54) is 42.6 Å². The molecule has 0 aliphatic heterocycles. The topological polar surface area (TPSA) is 30.9 Å². The van der Waals surface area contributed by atoms with Gasteiger partial charge in [0, 0.05) is 23.5 Å². The molecule has 0 saturated heterocycles. The minimum absolute atomic E-state index is 0.220. The normalized spacial score (nSPS) is 23.2. The van der Waals surface area contributed by atoms with Crippen molar-refractivity contribution < 1.29 is 0 Å². The molecule has 1 aliphatic rings. The Morgan fingerprint density at radius 1 is 1.47 bits per heavy atom. The Bertz CT molecular complexity index is 442. The average molecular weight is 262 g/mol. The highest BCUT2D eigenvalue weighted by atomic mass is 15.0. The molecule has 2 nitrogen and oxygen atoms in total. The first-order valence-electron chi connectivity index (χ1n) is 7.82. The first kappa shape index (κ1) is 14.6. The average Bonchev–Trinajstić information content (AvgIpc) is 2.61. The van der Waals surface area contributed by atoms with Gasteiger partial charge in [-0.25, -0.2) is 0 Å². The van der Waals surface area contributed by atoms with Gasteiger partial charge in [0.15, 0.2) is 0 Å². The lowest BCUT2D eigenvalue weighted by Gasteiger charge is -2.35. The van der Waals surface area contributed by atoms with Crippen molar-refractivity contribution in [2.45, 2.75) is 78.8 Å². The molecule has 19 heavy (non-hydrogen) atoms. The van der Waals surface area contributed by atoms with Crippen LogP contribution in [0.4, 0.5) is 0 Å². The molecule has 108 valence electrons. The molecule has 2 heteroatoms. The number of hydrogen-bond acceptors (Lipinski definition) is 1. The third kappa shape index (κ3) is 2.89. The summed E-state index contributed by atoms with van der Waals surface area (Å²) in [4.78, 5) is 0. The molecule has 0 spiro atoms. The predicted molar refractivity (Wildman–Crippen MR) is 82.4 cm³/mol. The lowest BCUT2D eigenvalue weighted by Crippen LogP contribution is -2.31. The molecule has 1 aliphatic carbocycles. The molecule has 0 saturated carbocycles. The monoisotopic (exact) mass is 262 g/mol. The molecular weight excluding hydrogens is 232 g/mol. The second-order valence-corrected chi connectivity index (χ2v) is 7.20. The number of fused-ring (bicyclic) bond motifs is 1. The highest BCUT2D eigenvalue weighted by molar-refractivity contribution is 5.34. The summed E-state index contributed by atoms with van der Waals surface area (Å²) in [6.45, 7) is 11.6. The Morgan fingerprint density at radius 2 is 2.16 bits per heavy atom. The lowest BCUT2D eigenvalue weighted by molar-refractivity contribution is 0.271. The fraction of sp³-hybridized carbons (Fsp3) is 0.765. The number of aryl methyl sites for hydroxylation is 1. The van der Waals surface area contributed by atoms with Crippen molar-refractivity contribution in [2.75, 3.05) is 0 Å². The molecule has 1 aromatic rings. The molecule has 2 rings (SSSR count). The van der Waals surface area contributed by atoms with E-state index in [1.807, 2.05) is 0 Å². The van der Waals surface area contributed by atoms with Crippen LogP contribution in [0.25, 0.3) is 0 Å². The Balaban J connectivity index is 2.35. The number of unbranched alkanes of at least 4 members (excludes halogenated alkanes) is 1. The van der Waals surface area contributed by atoms with Crippen LogP contribution in [0.15, 0.2) is 6.07 Å². The largest absolute Gasteiger partial charge is 0.346 e. The molecule has 2 N–H and O–H groups in total. The minimum atomic E-state index is 0.220. The Kier molecular flexibility index (Phi) is 4.10. The zero-order chi connectivity index (χ0) is 14.2. The predicted octanol–water partition coefficient (Wildman–Crippen LogP) is 4.52. The SMILES string of the molecule is CCCCC(C)n1c(C)cc2c1CC(C)(C)CC2N.